The molecule has 0 aliphatic carbocycles. The van der Waals surface area contributed by atoms with Crippen LogP contribution in [0.1, 0.15) is 37.5 Å². The maximum atomic E-state index is 13.5. The highest BCUT2D eigenvalue weighted by Gasteiger charge is 2.14. The van der Waals surface area contributed by atoms with Crippen molar-refractivity contribution in [3.05, 3.63) is 83.4 Å². The Labute approximate surface area is 165 Å². The Morgan fingerprint density at radius 1 is 0.893 bits per heavy atom. The molecule has 0 aliphatic heterocycles. The van der Waals surface area contributed by atoms with E-state index in [1.165, 1.54) is 12.1 Å². The fourth-order valence-electron chi connectivity index (χ4n) is 3.53. The molecule has 0 fully saturated rings. The predicted octanol–water partition coefficient (Wildman–Crippen LogP) is 5.70. The van der Waals surface area contributed by atoms with E-state index in [0.717, 1.165) is 28.4 Å². The lowest BCUT2D eigenvalue weighted by Gasteiger charge is -2.25. The average molecular weight is 383 g/mol. The molecule has 1 unspecified atom stereocenters. The second-order valence-electron chi connectivity index (χ2n) is 7.79. The van der Waals surface area contributed by atoms with Crippen LogP contribution in [-0.4, -0.2) is 23.1 Å². The first kappa shape index (κ1) is 20.4. The van der Waals surface area contributed by atoms with Crippen LogP contribution in [-0.2, 0) is 6.54 Å². The van der Waals surface area contributed by atoms with Gasteiger partial charge in [0.05, 0.1) is 6.10 Å². The van der Waals surface area contributed by atoms with E-state index in [4.69, 9.17) is 0 Å². The van der Waals surface area contributed by atoms with Gasteiger partial charge in [-0.2, -0.15) is 0 Å². The number of aliphatic hydroxyl groups is 1. The quantitative estimate of drug-likeness (QED) is 0.539. The zero-order valence-corrected chi connectivity index (χ0v) is 16.4. The summed E-state index contributed by atoms with van der Waals surface area (Å²) in [6.45, 7) is 6.27. The zero-order valence-electron chi connectivity index (χ0n) is 16.4. The van der Waals surface area contributed by atoms with Crippen molar-refractivity contribution in [2.45, 2.75) is 32.9 Å². The predicted molar refractivity (Wildman–Crippen MR) is 110 cm³/mol. The van der Waals surface area contributed by atoms with Crippen LogP contribution < -0.4 is 0 Å². The first-order chi connectivity index (χ1) is 13.4. The summed E-state index contributed by atoms with van der Waals surface area (Å²) in [5.41, 5.74) is 1.63. The fraction of sp³-hybridized carbons (Fsp3) is 0.333. The summed E-state index contributed by atoms with van der Waals surface area (Å²) in [7, 11) is 0. The van der Waals surface area contributed by atoms with E-state index < -0.39 is 17.7 Å². The van der Waals surface area contributed by atoms with E-state index in [0.29, 0.717) is 25.4 Å². The fourth-order valence-corrected chi connectivity index (χ4v) is 3.53. The Morgan fingerprint density at radius 2 is 1.64 bits per heavy atom. The molecule has 1 N–H and O–H groups in total. The van der Waals surface area contributed by atoms with Crippen LogP contribution in [0.5, 0.6) is 0 Å². The minimum atomic E-state index is -0.828. The maximum Gasteiger partial charge on any atom is 0.159 e. The molecule has 0 radical (unpaired) electrons. The van der Waals surface area contributed by atoms with Gasteiger partial charge in [0.15, 0.2) is 11.6 Å². The molecule has 0 aliphatic rings. The van der Waals surface area contributed by atoms with Crippen molar-refractivity contribution in [2.24, 2.45) is 5.92 Å². The monoisotopic (exact) mass is 383 g/mol. The summed E-state index contributed by atoms with van der Waals surface area (Å²) in [5.74, 6) is -1.22. The van der Waals surface area contributed by atoms with Crippen molar-refractivity contribution in [3.8, 4) is 0 Å². The Kier molecular flexibility index (Phi) is 6.76. The number of aliphatic hydroxyl groups excluding tert-OH is 1. The van der Waals surface area contributed by atoms with E-state index in [1.807, 2.05) is 36.4 Å². The second-order valence-corrected chi connectivity index (χ2v) is 7.79. The molecule has 0 saturated heterocycles. The summed E-state index contributed by atoms with van der Waals surface area (Å²) < 4.78 is 26.7. The lowest BCUT2D eigenvalue weighted by molar-refractivity contribution is 0.134. The van der Waals surface area contributed by atoms with Crippen LogP contribution in [0.3, 0.4) is 0 Å². The third-order valence-electron chi connectivity index (χ3n) is 4.89. The lowest BCUT2D eigenvalue weighted by atomic mass is 10.0. The molecule has 0 heterocycles. The summed E-state index contributed by atoms with van der Waals surface area (Å²) in [4.78, 5) is 2.18. The SMILES string of the molecule is CC(C)CN(CCC(O)c1ccc2ccccc2c1)Cc1ccc(F)c(F)c1. The third-order valence-corrected chi connectivity index (χ3v) is 4.89. The molecular weight excluding hydrogens is 356 g/mol. The van der Waals surface area contributed by atoms with Crippen LogP contribution in [0.4, 0.5) is 8.78 Å². The van der Waals surface area contributed by atoms with Gasteiger partial charge in [0, 0.05) is 19.6 Å². The molecule has 4 heteroatoms. The van der Waals surface area contributed by atoms with Crippen LogP contribution in [0, 0.1) is 17.6 Å². The highest BCUT2D eigenvalue weighted by Crippen LogP contribution is 2.23. The maximum absolute atomic E-state index is 13.5. The molecule has 0 spiro atoms. The van der Waals surface area contributed by atoms with Gasteiger partial charge in [-0.1, -0.05) is 56.3 Å². The summed E-state index contributed by atoms with van der Waals surface area (Å²) in [6, 6.07) is 18.1. The number of hydrogen-bond donors (Lipinski definition) is 1. The van der Waals surface area contributed by atoms with Gasteiger partial charge in [-0.15, -0.1) is 0 Å². The summed E-state index contributed by atoms with van der Waals surface area (Å²) >= 11 is 0. The van der Waals surface area contributed by atoms with Crippen LogP contribution in [0.25, 0.3) is 10.8 Å². The van der Waals surface area contributed by atoms with Gasteiger partial charge in [0.25, 0.3) is 0 Å². The zero-order chi connectivity index (χ0) is 20.1. The van der Waals surface area contributed by atoms with Crippen molar-refractivity contribution in [1.82, 2.24) is 4.90 Å². The minimum Gasteiger partial charge on any atom is -0.388 e. The highest BCUT2D eigenvalue weighted by molar-refractivity contribution is 5.83. The van der Waals surface area contributed by atoms with E-state index in [1.54, 1.807) is 6.07 Å². The van der Waals surface area contributed by atoms with Crippen molar-refractivity contribution in [1.29, 1.82) is 0 Å². The van der Waals surface area contributed by atoms with Gasteiger partial charge in [0.1, 0.15) is 0 Å². The lowest BCUT2D eigenvalue weighted by Crippen LogP contribution is -2.29. The van der Waals surface area contributed by atoms with Crippen molar-refractivity contribution in [2.75, 3.05) is 13.1 Å². The topological polar surface area (TPSA) is 23.5 Å². The number of rotatable bonds is 8. The molecular formula is C24H27F2NO. The third kappa shape index (κ3) is 5.37. The summed E-state index contributed by atoms with van der Waals surface area (Å²) in [6.07, 6.45) is 0.0126. The van der Waals surface area contributed by atoms with E-state index >= 15 is 0 Å². The van der Waals surface area contributed by atoms with Gasteiger partial charge < -0.3 is 5.11 Å². The molecule has 0 aromatic heterocycles. The Bertz CT molecular complexity index is 925. The van der Waals surface area contributed by atoms with E-state index in [2.05, 4.69) is 24.8 Å². The molecule has 3 aromatic rings. The molecule has 3 rings (SSSR count). The number of nitrogens with zero attached hydrogens (tertiary/aromatic N) is 1. The molecule has 0 bridgehead atoms. The van der Waals surface area contributed by atoms with Crippen molar-refractivity contribution < 1.29 is 13.9 Å². The molecule has 3 aromatic carbocycles. The molecule has 1 atom stereocenters. The van der Waals surface area contributed by atoms with E-state index in [9.17, 15) is 13.9 Å². The van der Waals surface area contributed by atoms with Gasteiger partial charge >= 0.3 is 0 Å². The number of halogens is 2. The first-order valence-corrected chi connectivity index (χ1v) is 9.75. The standard InChI is InChI=1S/C24H27F2NO/c1-17(2)15-27(16-18-7-10-22(25)23(26)13-18)12-11-24(28)21-9-8-19-5-3-4-6-20(19)14-21/h3-10,13-14,17,24,28H,11-12,15-16H2,1-2H3. The molecule has 2 nitrogen and oxygen atoms in total. The van der Waals surface area contributed by atoms with Gasteiger partial charge in [0.2, 0.25) is 0 Å². The van der Waals surface area contributed by atoms with Crippen LogP contribution in [0.2, 0.25) is 0 Å². The van der Waals surface area contributed by atoms with Crippen molar-refractivity contribution in [3.63, 3.8) is 0 Å². The summed E-state index contributed by atoms with van der Waals surface area (Å²) in [5, 5.41) is 12.9. The molecule has 28 heavy (non-hydrogen) atoms. The largest absolute Gasteiger partial charge is 0.388 e. The Morgan fingerprint density at radius 3 is 2.36 bits per heavy atom. The van der Waals surface area contributed by atoms with Gasteiger partial charge in [-0.25, -0.2) is 8.78 Å². The minimum absolute atomic E-state index is 0.433. The molecule has 0 amide bonds. The smallest absolute Gasteiger partial charge is 0.159 e. The Balaban J connectivity index is 1.66. The van der Waals surface area contributed by atoms with Gasteiger partial charge in [-0.3, -0.25) is 4.90 Å². The highest BCUT2D eigenvalue weighted by atomic mass is 19.2. The van der Waals surface area contributed by atoms with Crippen molar-refractivity contribution >= 4 is 10.8 Å². The normalized spacial score (nSPS) is 12.8. The molecule has 0 saturated carbocycles. The average Bonchev–Trinajstić information content (AvgIpc) is 2.68. The van der Waals surface area contributed by atoms with Crippen LogP contribution in [0.15, 0.2) is 60.7 Å². The Hall–Kier alpha value is -2.30. The van der Waals surface area contributed by atoms with Gasteiger partial charge in [-0.05, 0) is 52.4 Å². The number of fused-ring (bicyclic) bond motifs is 1. The second kappa shape index (κ2) is 9.26. The van der Waals surface area contributed by atoms with Crippen LogP contribution >= 0.6 is 0 Å². The number of benzene rings is 3. The number of hydrogen-bond acceptors (Lipinski definition) is 2. The first-order valence-electron chi connectivity index (χ1n) is 9.75. The molecule has 148 valence electrons. The van der Waals surface area contributed by atoms with E-state index in [-0.39, 0.29) is 0 Å².